The minimum absolute atomic E-state index is 0.0771. The number of hydrogen-bond donors (Lipinski definition) is 2. The van der Waals surface area contributed by atoms with Crippen LogP contribution in [0.15, 0.2) is 12.1 Å². The molecule has 0 spiro atoms. The summed E-state index contributed by atoms with van der Waals surface area (Å²) in [6.45, 7) is 2.50. The molecule has 3 N–H and O–H groups in total. The fourth-order valence-corrected chi connectivity index (χ4v) is 4.65. The Morgan fingerprint density at radius 2 is 1.97 bits per heavy atom. The van der Waals surface area contributed by atoms with E-state index in [1.807, 2.05) is 0 Å². The molecule has 1 atom stereocenters. The number of carbonyl (C=O) groups is 2. The van der Waals surface area contributed by atoms with Gasteiger partial charge in [0.1, 0.15) is 16.8 Å². The molecule has 12 heteroatoms. The molecule has 2 saturated heterocycles. The molecule has 2 fully saturated rings. The highest BCUT2D eigenvalue weighted by atomic mass is 32.1. The van der Waals surface area contributed by atoms with E-state index in [4.69, 9.17) is 10.5 Å². The predicted octanol–water partition coefficient (Wildman–Crippen LogP) is 2.24. The van der Waals surface area contributed by atoms with Crippen LogP contribution in [0.3, 0.4) is 0 Å². The lowest BCUT2D eigenvalue weighted by Crippen LogP contribution is -2.34. The van der Waals surface area contributed by atoms with Crippen molar-refractivity contribution in [3.8, 4) is 0 Å². The maximum atomic E-state index is 14.9. The van der Waals surface area contributed by atoms with Gasteiger partial charge >= 0.3 is 6.09 Å². The second-order valence-electron chi connectivity index (χ2n) is 7.55. The third kappa shape index (κ3) is 4.53. The lowest BCUT2D eigenvalue weighted by Gasteiger charge is -2.33. The number of amides is 2. The molecule has 0 radical (unpaired) electrons. The first kappa shape index (κ1) is 21.2. The van der Waals surface area contributed by atoms with Gasteiger partial charge in [-0.25, -0.2) is 13.6 Å². The summed E-state index contributed by atoms with van der Waals surface area (Å²) >= 11 is 1.34. The number of nitrogen functional groups attached to an aromatic ring is 1. The Morgan fingerprint density at radius 1 is 1.29 bits per heavy atom. The average molecular weight is 452 g/mol. The number of anilines is 3. The molecular weight excluding hydrogens is 430 g/mol. The molecule has 0 bridgehead atoms. The van der Waals surface area contributed by atoms with Gasteiger partial charge in [-0.05, 0) is 12.8 Å². The number of nitrogens with zero attached hydrogens (tertiary/aromatic N) is 4. The molecule has 4 rings (SSSR count). The second-order valence-corrected chi connectivity index (χ2v) is 8.59. The quantitative estimate of drug-likeness (QED) is 0.715. The van der Waals surface area contributed by atoms with Crippen LogP contribution in [0.25, 0.3) is 0 Å². The van der Waals surface area contributed by atoms with E-state index in [0.717, 1.165) is 22.0 Å². The molecule has 166 valence electrons. The summed E-state index contributed by atoms with van der Waals surface area (Å²) in [5.74, 6) is -1.58. The van der Waals surface area contributed by atoms with Gasteiger partial charge in [0.2, 0.25) is 11.0 Å². The monoisotopic (exact) mass is 452 g/mol. The smallest absolute Gasteiger partial charge is 0.414 e. The van der Waals surface area contributed by atoms with Gasteiger partial charge in [0.05, 0.1) is 18.8 Å². The highest BCUT2D eigenvalue weighted by molar-refractivity contribution is 7.15. The Hall–Kier alpha value is -3.02. The van der Waals surface area contributed by atoms with Crippen LogP contribution in [0.1, 0.15) is 30.7 Å². The van der Waals surface area contributed by atoms with Crippen LogP contribution in [-0.4, -0.2) is 54.5 Å². The third-order valence-electron chi connectivity index (χ3n) is 5.38. The molecule has 2 aromatic rings. The Morgan fingerprint density at radius 3 is 2.55 bits per heavy atom. The number of nitrogens with two attached hydrogens (primary N) is 1. The van der Waals surface area contributed by atoms with Crippen molar-refractivity contribution in [3.63, 3.8) is 0 Å². The van der Waals surface area contributed by atoms with Gasteiger partial charge in [0.15, 0.2) is 11.6 Å². The van der Waals surface area contributed by atoms with Crippen molar-refractivity contribution in [1.82, 2.24) is 15.5 Å². The van der Waals surface area contributed by atoms with Crippen LogP contribution in [0, 0.1) is 11.6 Å². The first-order valence-electron chi connectivity index (χ1n) is 9.87. The number of nitrogens with one attached hydrogen (secondary N) is 1. The number of benzene rings is 1. The lowest BCUT2D eigenvalue weighted by atomic mass is 9.97. The molecule has 31 heavy (non-hydrogen) atoms. The summed E-state index contributed by atoms with van der Waals surface area (Å²) in [6.07, 6.45) is 0.0616. The zero-order chi connectivity index (χ0) is 22.1. The molecule has 0 saturated carbocycles. The van der Waals surface area contributed by atoms with E-state index in [9.17, 15) is 18.4 Å². The number of aromatic nitrogens is 2. The standard InChI is InChI=1S/C19H22F2N6O3S/c1-10(28)23-8-13-9-27(19(29)30-13)12-6-14(20)16(15(21)7-12)26-4-2-11(3-5-26)17-24-25-18(22)31-17/h6-7,11,13H,2-5,8-9H2,1H3,(H2,22,25)(H,23,28). The second kappa shape index (κ2) is 8.61. The molecule has 2 aliphatic heterocycles. The van der Waals surface area contributed by atoms with E-state index in [-0.39, 0.29) is 36.3 Å². The van der Waals surface area contributed by atoms with Gasteiger partial charge in [0.25, 0.3) is 0 Å². The van der Waals surface area contributed by atoms with Crippen LogP contribution in [0.5, 0.6) is 0 Å². The summed E-state index contributed by atoms with van der Waals surface area (Å²) in [5, 5.41) is 11.7. The van der Waals surface area contributed by atoms with Crippen molar-refractivity contribution in [1.29, 1.82) is 0 Å². The molecule has 1 aromatic heterocycles. The lowest BCUT2D eigenvalue weighted by molar-refractivity contribution is -0.119. The normalized spacial score (nSPS) is 19.6. The van der Waals surface area contributed by atoms with Crippen molar-refractivity contribution < 1.29 is 23.1 Å². The van der Waals surface area contributed by atoms with E-state index < -0.39 is 23.8 Å². The molecule has 1 unspecified atom stereocenters. The summed E-state index contributed by atoms with van der Waals surface area (Å²) in [6, 6.07) is 2.27. The fraction of sp³-hybridized carbons (Fsp3) is 0.474. The Labute approximate surface area is 181 Å². The SMILES string of the molecule is CC(=O)NCC1CN(c2cc(F)c(N3CCC(c4nnc(N)s4)CC3)c(F)c2)C(=O)O1. The topological polar surface area (TPSA) is 114 Å². The van der Waals surface area contributed by atoms with Gasteiger partial charge in [-0.15, -0.1) is 10.2 Å². The molecule has 0 aliphatic carbocycles. The highest BCUT2D eigenvalue weighted by Gasteiger charge is 2.34. The molecule has 2 aliphatic rings. The highest BCUT2D eigenvalue weighted by Crippen LogP contribution is 2.36. The van der Waals surface area contributed by atoms with Crippen molar-refractivity contribution in [2.45, 2.75) is 31.8 Å². The fourth-order valence-electron chi connectivity index (χ4n) is 3.87. The van der Waals surface area contributed by atoms with Crippen LogP contribution in [0.4, 0.5) is 30.1 Å². The van der Waals surface area contributed by atoms with Gasteiger partial charge in [0, 0.05) is 38.1 Å². The minimum Gasteiger partial charge on any atom is -0.442 e. The number of cyclic esters (lactones) is 1. The van der Waals surface area contributed by atoms with E-state index in [2.05, 4.69) is 15.5 Å². The number of rotatable bonds is 5. The molecular formula is C19H22F2N6O3S. The van der Waals surface area contributed by atoms with Gasteiger partial charge < -0.3 is 20.7 Å². The van der Waals surface area contributed by atoms with Gasteiger partial charge in [-0.1, -0.05) is 11.3 Å². The van der Waals surface area contributed by atoms with E-state index >= 15 is 0 Å². The maximum absolute atomic E-state index is 14.9. The largest absolute Gasteiger partial charge is 0.442 e. The number of piperidine rings is 1. The summed E-state index contributed by atoms with van der Waals surface area (Å²) < 4.78 is 35.0. The molecule has 2 amide bonds. The van der Waals surface area contributed by atoms with Crippen LogP contribution in [0.2, 0.25) is 0 Å². The van der Waals surface area contributed by atoms with Crippen molar-refractivity contribution in [2.24, 2.45) is 0 Å². The first-order chi connectivity index (χ1) is 14.8. The van der Waals surface area contributed by atoms with Crippen molar-refractivity contribution >= 4 is 39.8 Å². The van der Waals surface area contributed by atoms with E-state index in [1.165, 1.54) is 18.3 Å². The van der Waals surface area contributed by atoms with Gasteiger partial charge in [-0.3, -0.25) is 9.69 Å². The summed E-state index contributed by atoms with van der Waals surface area (Å²) in [4.78, 5) is 26.0. The van der Waals surface area contributed by atoms with Gasteiger partial charge in [-0.2, -0.15) is 0 Å². The Bertz CT molecular complexity index is 972. The molecule has 3 heterocycles. The third-order valence-corrected chi connectivity index (χ3v) is 6.30. The van der Waals surface area contributed by atoms with E-state index in [0.29, 0.717) is 31.1 Å². The number of halogens is 2. The molecule has 1 aromatic carbocycles. The number of carbonyl (C=O) groups excluding carboxylic acids is 2. The zero-order valence-corrected chi connectivity index (χ0v) is 17.6. The zero-order valence-electron chi connectivity index (χ0n) is 16.8. The first-order valence-corrected chi connectivity index (χ1v) is 10.7. The summed E-state index contributed by atoms with van der Waals surface area (Å²) in [7, 11) is 0. The summed E-state index contributed by atoms with van der Waals surface area (Å²) in [5.41, 5.74) is 5.60. The maximum Gasteiger partial charge on any atom is 0.414 e. The Kier molecular flexibility index (Phi) is 5.90. The van der Waals surface area contributed by atoms with Crippen LogP contribution >= 0.6 is 11.3 Å². The van der Waals surface area contributed by atoms with Crippen LogP contribution in [-0.2, 0) is 9.53 Å². The predicted molar refractivity (Wildman–Crippen MR) is 111 cm³/mol. The Balaban J connectivity index is 1.44. The van der Waals surface area contributed by atoms with Crippen molar-refractivity contribution in [3.05, 3.63) is 28.8 Å². The molecule has 9 nitrogen and oxygen atoms in total. The van der Waals surface area contributed by atoms with Crippen LogP contribution < -0.4 is 20.9 Å². The minimum atomic E-state index is -0.744. The van der Waals surface area contributed by atoms with Crippen molar-refractivity contribution in [2.75, 3.05) is 41.7 Å². The number of hydrogen-bond acceptors (Lipinski definition) is 8. The number of ether oxygens (including phenoxy) is 1. The van der Waals surface area contributed by atoms with E-state index in [1.54, 1.807) is 4.90 Å². The average Bonchev–Trinajstić information content (AvgIpc) is 3.32.